The summed E-state index contributed by atoms with van der Waals surface area (Å²) >= 11 is 0. The van der Waals surface area contributed by atoms with E-state index in [2.05, 4.69) is 5.32 Å². The minimum Gasteiger partial charge on any atom is -0.310 e. The fourth-order valence-corrected chi connectivity index (χ4v) is 2.40. The maximum Gasteiger partial charge on any atom is 0.146 e. The van der Waals surface area contributed by atoms with Crippen LogP contribution in [0.3, 0.4) is 0 Å². The molecule has 0 aliphatic heterocycles. The zero-order valence-electron chi connectivity index (χ0n) is 7.84. The fraction of sp³-hybridized carbons (Fsp3) is 0.900. The van der Waals surface area contributed by atoms with Crippen LogP contribution in [0.15, 0.2) is 0 Å². The number of carbonyl (C=O) groups is 1. The summed E-state index contributed by atoms with van der Waals surface area (Å²) < 4.78 is 0. The lowest BCUT2D eigenvalue weighted by Gasteiger charge is -2.11. The maximum atomic E-state index is 11.2. The molecule has 2 saturated carbocycles. The molecule has 2 fully saturated rings. The molecule has 3 unspecified atom stereocenters. The van der Waals surface area contributed by atoms with Gasteiger partial charge in [0.05, 0.1) is 6.04 Å². The van der Waals surface area contributed by atoms with Crippen LogP contribution >= 0.6 is 0 Å². The van der Waals surface area contributed by atoms with E-state index in [9.17, 15) is 4.79 Å². The Bertz CT molecular complexity index is 198. The Balaban J connectivity index is 1.87. The smallest absolute Gasteiger partial charge is 0.146 e. The molecule has 0 heterocycles. The number of carbonyl (C=O) groups excluding carboxylic acids is 1. The van der Waals surface area contributed by atoms with Crippen LogP contribution in [0.25, 0.3) is 0 Å². The van der Waals surface area contributed by atoms with E-state index >= 15 is 0 Å². The maximum absolute atomic E-state index is 11.2. The average molecular weight is 167 g/mol. The molecular weight excluding hydrogens is 150 g/mol. The monoisotopic (exact) mass is 167 g/mol. The Morgan fingerprint density at radius 1 is 1.50 bits per heavy atom. The van der Waals surface area contributed by atoms with Crippen LogP contribution in [-0.2, 0) is 4.79 Å². The summed E-state index contributed by atoms with van der Waals surface area (Å²) in [5.41, 5.74) is 0. The number of ketones is 1. The van der Waals surface area contributed by atoms with Gasteiger partial charge in [-0.05, 0) is 51.0 Å². The molecule has 0 aromatic rings. The number of hydrogen-bond acceptors (Lipinski definition) is 2. The SMILES string of the molecule is CNC(C(C)=O)C1CC1C1CC1. The van der Waals surface area contributed by atoms with Gasteiger partial charge in [-0.25, -0.2) is 0 Å². The molecule has 0 radical (unpaired) electrons. The van der Waals surface area contributed by atoms with E-state index in [1.54, 1.807) is 6.92 Å². The van der Waals surface area contributed by atoms with Crippen LogP contribution in [0.1, 0.15) is 26.2 Å². The van der Waals surface area contributed by atoms with E-state index in [0.717, 1.165) is 11.8 Å². The third kappa shape index (κ3) is 1.40. The molecule has 0 spiro atoms. The average Bonchev–Trinajstić information content (AvgIpc) is 2.81. The van der Waals surface area contributed by atoms with Gasteiger partial charge in [-0.1, -0.05) is 0 Å². The van der Waals surface area contributed by atoms with Crippen LogP contribution in [0.2, 0.25) is 0 Å². The highest BCUT2D eigenvalue weighted by Gasteiger charge is 2.51. The third-order valence-electron chi connectivity index (χ3n) is 3.30. The van der Waals surface area contributed by atoms with Crippen LogP contribution in [0.5, 0.6) is 0 Å². The quantitative estimate of drug-likeness (QED) is 0.682. The standard InChI is InChI=1S/C10H17NO/c1-6(12)10(11-2)9-5-8(9)7-3-4-7/h7-11H,3-5H2,1-2H3. The Kier molecular flexibility index (Phi) is 1.95. The molecule has 0 aromatic carbocycles. The van der Waals surface area contributed by atoms with Crippen molar-refractivity contribution in [2.45, 2.75) is 32.2 Å². The van der Waals surface area contributed by atoms with E-state index in [1.807, 2.05) is 7.05 Å². The van der Waals surface area contributed by atoms with Gasteiger partial charge in [0.1, 0.15) is 5.78 Å². The van der Waals surface area contributed by atoms with Crippen molar-refractivity contribution in [1.29, 1.82) is 0 Å². The highest BCUT2D eigenvalue weighted by Crippen LogP contribution is 2.55. The lowest BCUT2D eigenvalue weighted by molar-refractivity contribution is -0.119. The summed E-state index contributed by atoms with van der Waals surface area (Å²) in [5.74, 6) is 2.84. The molecule has 1 N–H and O–H groups in total. The van der Waals surface area contributed by atoms with Gasteiger partial charge in [0.2, 0.25) is 0 Å². The summed E-state index contributed by atoms with van der Waals surface area (Å²) in [6.45, 7) is 1.70. The van der Waals surface area contributed by atoms with Crippen LogP contribution in [-0.4, -0.2) is 18.9 Å². The zero-order valence-corrected chi connectivity index (χ0v) is 7.84. The van der Waals surface area contributed by atoms with Crippen molar-refractivity contribution in [3.8, 4) is 0 Å². The number of nitrogens with one attached hydrogen (secondary N) is 1. The molecule has 0 aromatic heterocycles. The molecule has 3 atom stereocenters. The lowest BCUT2D eigenvalue weighted by Crippen LogP contribution is -2.35. The first-order chi connectivity index (χ1) is 5.74. The minimum atomic E-state index is 0.149. The number of likely N-dealkylation sites (N-methyl/N-ethyl adjacent to an activating group) is 1. The van der Waals surface area contributed by atoms with Gasteiger partial charge in [-0.15, -0.1) is 0 Å². The summed E-state index contributed by atoms with van der Waals surface area (Å²) in [7, 11) is 1.90. The second-order valence-corrected chi connectivity index (χ2v) is 4.28. The summed E-state index contributed by atoms with van der Waals surface area (Å²) in [6, 6.07) is 0.149. The molecule has 2 nitrogen and oxygen atoms in total. The van der Waals surface area contributed by atoms with Crippen molar-refractivity contribution in [2.75, 3.05) is 7.05 Å². The van der Waals surface area contributed by atoms with Gasteiger partial charge >= 0.3 is 0 Å². The summed E-state index contributed by atoms with van der Waals surface area (Å²) in [4.78, 5) is 11.2. The molecule has 2 rings (SSSR count). The van der Waals surface area contributed by atoms with Crippen molar-refractivity contribution in [2.24, 2.45) is 17.8 Å². The van der Waals surface area contributed by atoms with Gasteiger partial charge in [0, 0.05) is 0 Å². The fourth-order valence-electron chi connectivity index (χ4n) is 2.40. The van der Waals surface area contributed by atoms with E-state index in [-0.39, 0.29) is 6.04 Å². The molecule has 2 aliphatic carbocycles. The van der Waals surface area contributed by atoms with Gasteiger partial charge in [-0.3, -0.25) is 4.79 Å². The topological polar surface area (TPSA) is 29.1 Å². The molecule has 12 heavy (non-hydrogen) atoms. The van der Waals surface area contributed by atoms with Gasteiger partial charge in [-0.2, -0.15) is 0 Å². The molecular formula is C10H17NO. The minimum absolute atomic E-state index is 0.149. The highest BCUT2D eigenvalue weighted by molar-refractivity contribution is 5.82. The largest absolute Gasteiger partial charge is 0.310 e. The van der Waals surface area contributed by atoms with Gasteiger partial charge in [0.25, 0.3) is 0 Å². The number of hydrogen-bond donors (Lipinski definition) is 1. The van der Waals surface area contributed by atoms with Crippen LogP contribution in [0.4, 0.5) is 0 Å². The zero-order chi connectivity index (χ0) is 8.72. The Morgan fingerprint density at radius 3 is 2.58 bits per heavy atom. The Morgan fingerprint density at radius 2 is 2.17 bits per heavy atom. The number of Topliss-reactive ketones (excluding diaryl/α,β-unsaturated/α-hetero) is 1. The first-order valence-corrected chi connectivity index (χ1v) is 4.91. The third-order valence-corrected chi connectivity index (χ3v) is 3.30. The predicted molar refractivity (Wildman–Crippen MR) is 47.8 cm³/mol. The molecule has 2 heteroatoms. The van der Waals surface area contributed by atoms with Crippen LogP contribution in [0, 0.1) is 17.8 Å². The normalized spacial score (nSPS) is 36.2. The van der Waals surface area contributed by atoms with Crippen molar-refractivity contribution in [3.05, 3.63) is 0 Å². The summed E-state index contributed by atoms with van der Waals surface area (Å²) in [5, 5.41) is 3.13. The first-order valence-electron chi connectivity index (χ1n) is 4.91. The van der Waals surface area contributed by atoms with E-state index in [0.29, 0.717) is 11.7 Å². The predicted octanol–water partition coefficient (Wildman–Crippen LogP) is 1.21. The second kappa shape index (κ2) is 2.84. The van der Waals surface area contributed by atoms with E-state index < -0.39 is 0 Å². The van der Waals surface area contributed by atoms with Gasteiger partial charge in [0.15, 0.2) is 0 Å². The van der Waals surface area contributed by atoms with Crippen LogP contribution < -0.4 is 5.32 Å². The molecule has 0 amide bonds. The molecule has 0 bridgehead atoms. The molecule has 68 valence electrons. The van der Waals surface area contributed by atoms with E-state index in [1.165, 1.54) is 19.3 Å². The summed E-state index contributed by atoms with van der Waals surface area (Å²) in [6.07, 6.45) is 4.11. The molecule has 2 aliphatic rings. The molecule has 0 saturated heterocycles. The van der Waals surface area contributed by atoms with Gasteiger partial charge < -0.3 is 5.32 Å². The van der Waals surface area contributed by atoms with Crippen molar-refractivity contribution < 1.29 is 4.79 Å². The van der Waals surface area contributed by atoms with Crippen molar-refractivity contribution in [1.82, 2.24) is 5.32 Å². The first kappa shape index (κ1) is 8.24. The highest BCUT2D eigenvalue weighted by atomic mass is 16.1. The van der Waals surface area contributed by atoms with Crippen molar-refractivity contribution >= 4 is 5.78 Å². The van der Waals surface area contributed by atoms with E-state index in [4.69, 9.17) is 0 Å². The second-order valence-electron chi connectivity index (χ2n) is 4.28. The van der Waals surface area contributed by atoms with Crippen molar-refractivity contribution in [3.63, 3.8) is 0 Å². The number of rotatable bonds is 4. The lowest BCUT2D eigenvalue weighted by atomic mass is 10.1. The Hall–Kier alpha value is -0.370. The Labute approximate surface area is 73.7 Å².